The Labute approximate surface area is 162 Å². The number of anilines is 2. The topological polar surface area (TPSA) is 153 Å². The fraction of sp³-hybridized carbons (Fsp3) is 0.211. The molecule has 0 aliphatic rings. The molecule has 0 radical (unpaired) electrons. The number of fused-ring (bicyclic) bond motifs is 1. The van der Waals surface area contributed by atoms with Crippen molar-refractivity contribution < 1.29 is 10.0 Å². The van der Waals surface area contributed by atoms with Gasteiger partial charge in [0.1, 0.15) is 6.29 Å². The smallest absolute Gasteiger partial charge is 0.224 e. The van der Waals surface area contributed by atoms with Crippen molar-refractivity contribution in [2.75, 3.05) is 18.5 Å². The van der Waals surface area contributed by atoms with E-state index in [1.54, 1.807) is 23.8 Å². The Morgan fingerprint density at radius 2 is 1.93 bits per heavy atom. The lowest BCUT2D eigenvalue weighted by Crippen LogP contribution is -2.08. The van der Waals surface area contributed by atoms with Gasteiger partial charge in [-0.1, -0.05) is 24.3 Å². The van der Waals surface area contributed by atoms with Crippen molar-refractivity contribution >= 4 is 29.2 Å². The van der Waals surface area contributed by atoms with Gasteiger partial charge in [0.25, 0.3) is 0 Å². The normalized spacial score (nSPS) is 11.2. The predicted molar refractivity (Wildman–Crippen MR) is 107 cm³/mol. The summed E-state index contributed by atoms with van der Waals surface area (Å²) in [5, 5.41) is 7.32. The number of nitrogens with one attached hydrogen (secondary N) is 1. The zero-order valence-corrected chi connectivity index (χ0v) is 15.3. The molecule has 0 fully saturated rings. The van der Waals surface area contributed by atoms with Gasteiger partial charge in [-0.3, -0.25) is 4.79 Å². The first-order valence-electron chi connectivity index (χ1n) is 8.36. The van der Waals surface area contributed by atoms with Crippen LogP contribution in [0, 0.1) is 12.3 Å². The molecule has 3 aromatic rings. The number of terminal acetylenes is 1. The third kappa shape index (κ3) is 5.20. The number of nitrogens with zero attached hydrogens (tertiary/aromatic N) is 4. The number of carbonyl (C=O) groups is 1. The van der Waals surface area contributed by atoms with Gasteiger partial charge in [-0.2, -0.15) is 9.97 Å². The summed E-state index contributed by atoms with van der Waals surface area (Å²) < 4.78 is 0. The van der Waals surface area contributed by atoms with Crippen LogP contribution in [0.5, 0.6) is 0 Å². The molecule has 6 N–H and O–H groups in total. The summed E-state index contributed by atoms with van der Waals surface area (Å²) in [4.78, 5) is 27.5. The van der Waals surface area contributed by atoms with Crippen molar-refractivity contribution in [3.8, 4) is 12.3 Å². The summed E-state index contributed by atoms with van der Waals surface area (Å²) in [6, 6.07) is 7.34. The van der Waals surface area contributed by atoms with Crippen molar-refractivity contribution in [2.45, 2.75) is 18.8 Å². The fourth-order valence-corrected chi connectivity index (χ4v) is 2.63. The van der Waals surface area contributed by atoms with E-state index in [0.29, 0.717) is 29.6 Å². The second-order valence-corrected chi connectivity index (χ2v) is 5.82. The molecule has 2 aromatic heterocycles. The first-order valence-corrected chi connectivity index (χ1v) is 8.36. The average molecular weight is 379 g/mol. The van der Waals surface area contributed by atoms with Crippen molar-refractivity contribution in [3.63, 3.8) is 0 Å². The van der Waals surface area contributed by atoms with Gasteiger partial charge in [-0.25, -0.2) is 15.4 Å². The Kier molecular flexibility index (Phi) is 7.33. The highest BCUT2D eigenvalue weighted by atomic mass is 16.5. The monoisotopic (exact) mass is 379 g/mol. The molecule has 28 heavy (non-hydrogen) atoms. The van der Waals surface area contributed by atoms with Crippen molar-refractivity contribution in [1.82, 2.24) is 25.4 Å². The third-order valence-corrected chi connectivity index (χ3v) is 3.86. The molecule has 0 spiro atoms. The number of nitrogen functional groups attached to an aromatic ring is 2. The van der Waals surface area contributed by atoms with E-state index in [1.807, 2.05) is 12.1 Å². The fourth-order valence-electron chi connectivity index (χ4n) is 2.63. The number of aldehydes is 1. The van der Waals surface area contributed by atoms with Gasteiger partial charge in [-0.05, 0) is 12.0 Å². The molecule has 0 aliphatic carbocycles. The number of benzene rings is 1. The average Bonchev–Trinajstić information content (AvgIpc) is 2.69. The number of hydroxylamine groups is 1. The van der Waals surface area contributed by atoms with E-state index in [9.17, 15) is 4.79 Å². The van der Waals surface area contributed by atoms with Gasteiger partial charge < -0.3 is 16.7 Å². The molecule has 1 aromatic carbocycles. The number of carbonyl (C=O) groups excluding carboxylic acids is 1. The summed E-state index contributed by atoms with van der Waals surface area (Å²) >= 11 is 0. The Morgan fingerprint density at radius 1 is 1.25 bits per heavy atom. The summed E-state index contributed by atoms with van der Waals surface area (Å²) in [5.74, 6) is 2.99. The molecule has 0 amide bonds. The minimum atomic E-state index is 0.0494. The number of hydrogen-bond donors (Lipinski definition) is 4. The predicted octanol–water partition coefficient (Wildman–Crippen LogP) is 1.34. The number of aromatic nitrogens is 4. The second-order valence-electron chi connectivity index (χ2n) is 5.82. The zero-order valence-electron chi connectivity index (χ0n) is 15.3. The third-order valence-electron chi connectivity index (χ3n) is 3.86. The van der Waals surface area contributed by atoms with Crippen molar-refractivity contribution in [3.05, 3.63) is 47.3 Å². The van der Waals surface area contributed by atoms with Crippen LogP contribution in [-0.2, 0) is 6.42 Å². The maximum Gasteiger partial charge on any atom is 0.224 e. The van der Waals surface area contributed by atoms with E-state index in [-0.39, 0.29) is 17.7 Å². The van der Waals surface area contributed by atoms with E-state index >= 15 is 0 Å². The Morgan fingerprint density at radius 3 is 2.54 bits per heavy atom. The lowest BCUT2D eigenvalue weighted by Gasteiger charge is -2.15. The Bertz CT molecular complexity index is 984. The van der Waals surface area contributed by atoms with Crippen LogP contribution in [0.4, 0.5) is 11.8 Å². The van der Waals surface area contributed by atoms with E-state index in [1.165, 1.54) is 7.05 Å². The molecule has 0 bridgehead atoms. The van der Waals surface area contributed by atoms with Crippen LogP contribution < -0.4 is 16.9 Å². The highest BCUT2D eigenvalue weighted by molar-refractivity contribution is 5.81. The van der Waals surface area contributed by atoms with Gasteiger partial charge in [0.2, 0.25) is 5.95 Å². The Hall–Kier alpha value is -3.61. The largest absolute Gasteiger partial charge is 0.382 e. The minimum absolute atomic E-state index is 0.0494. The molecule has 0 saturated heterocycles. The molecule has 144 valence electrons. The zero-order chi connectivity index (χ0) is 20.5. The first kappa shape index (κ1) is 20.7. The molecule has 9 nitrogen and oxygen atoms in total. The highest BCUT2D eigenvalue weighted by Gasteiger charge is 2.15. The lowest BCUT2D eigenvalue weighted by molar-refractivity contribution is 0.112. The van der Waals surface area contributed by atoms with Gasteiger partial charge >= 0.3 is 0 Å². The number of nitrogens with two attached hydrogens (primary N) is 2. The standard InChI is InChI=1S/C18H16N6O.CH5NO/c1-2-3-13(12-6-4-11(10-25)5-7-12)8-14-9-21-17-15(22-14)16(19)23-18(20)24-17;1-2-3/h1,4-7,9-10,13H,3,8H2,(H4,19,20,21,23,24);2-3H,1H3. The van der Waals surface area contributed by atoms with Crippen LogP contribution >= 0.6 is 0 Å². The molecule has 0 saturated carbocycles. The summed E-state index contributed by atoms with van der Waals surface area (Å²) in [6.07, 6.45) is 9.07. The maximum atomic E-state index is 10.8. The van der Waals surface area contributed by atoms with Crippen LogP contribution in [0.15, 0.2) is 30.5 Å². The van der Waals surface area contributed by atoms with Gasteiger partial charge in [0, 0.05) is 24.9 Å². The molecule has 0 aliphatic heterocycles. The van der Waals surface area contributed by atoms with E-state index in [4.69, 9.17) is 23.1 Å². The second kappa shape index (κ2) is 9.91. The molecular weight excluding hydrogens is 358 g/mol. The molecule has 1 unspecified atom stereocenters. The van der Waals surface area contributed by atoms with Crippen LogP contribution in [0.25, 0.3) is 11.2 Å². The molecule has 3 rings (SSSR count). The number of rotatable bonds is 5. The maximum absolute atomic E-state index is 10.8. The molecule has 2 heterocycles. The van der Waals surface area contributed by atoms with E-state index in [0.717, 1.165) is 17.5 Å². The van der Waals surface area contributed by atoms with Crippen LogP contribution in [0.1, 0.15) is 34.0 Å². The Balaban J connectivity index is 0.000000878. The molecular formula is C19H21N7O2. The summed E-state index contributed by atoms with van der Waals surface area (Å²) in [7, 11) is 1.43. The summed E-state index contributed by atoms with van der Waals surface area (Å²) in [5.41, 5.74) is 16.3. The molecule has 9 heteroatoms. The quantitative estimate of drug-likeness (QED) is 0.292. The van der Waals surface area contributed by atoms with Gasteiger partial charge in [0.15, 0.2) is 17.0 Å². The lowest BCUT2D eigenvalue weighted by atomic mass is 9.91. The van der Waals surface area contributed by atoms with Crippen LogP contribution in [-0.4, -0.2) is 38.5 Å². The van der Waals surface area contributed by atoms with Crippen molar-refractivity contribution in [1.29, 1.82) is 0 Å². The van der Waals surface area contributed by atoms with Gasteiger partial charge in [0.05, 0.1) is 11.9 Å². The van der Waals surface area contributed by atoms with Crippen LogP contribution in [0.3, 0.4) is 0 Å². The van der Waals surface area contributed by atoms with Crippen LogP contribution in [0.2, 0.25) is 0 Å². The van der Waals surface area contributed by atoms with Crippen molar-refractivity contribution in [2.24, 2.45) is 0 Å². The number of hydrogen-bond acceptors (Lipinski definition) is 9. The molecule has 1 atom stereocenters. The van der Waals surface area contributed by atoms with E-state index < -0.39 is 0 Å². The van der Waals surface area contributed by atoms with E-state index in [2.05, 4.69) is 25.9 Å². The summed E-state index contributed by atoms with van der Waals surface area (Å²) in [6.45, 7) is 0. The SMILES string of the molecule is C#CCC(Cc1cnc2nc(N)nc(N)c2n1)c1ccc(C=O)cc1.CNO. The minimum Gasteiger partial charge on any atom is -0.382 e. The van der Waals surface area contributed by atoms with Gasteiger partial charge in [-0.15, -0.1) is 12.3 Å². The highest BCUT2D eigenvalue weighted by Crippen LogP contribution is 2.25. The first-order chi connectivity index (χ1) is 13.5.